The molecule has 1 aliphatic heterocycles. The first kappa shape index (κ1) is 19.6. The van der Waals surface area contributed by atoms with Gasteiger partial charge in [-0.2, -0.15) is 5.26 Å². The van der Waals surface area contributed by atoms with Crippen LogP contribution in [0.5, 0.6) is 0 Å². The Morgan fingerprint density at radius 1 is 1.07 bits per heavy atom. The number of ether oxygens (including phenoxy) is 1. The first-order chi connectivity index (χ1) is 13.0. The molecule has 0 saturated carbocycles. The average molecular weight is 362 g/mol. The monoisotopic (exact) mass is 361 g/mol. The van der Waals surface area contributed by atoms with Crippen molar-refractivity contribution in [1.82, 2.24) is 0 Å². The fraction of sp³-hybridized carbons (Fsp3) is 0.480. The first-order valence-corrected chi connectivity index (χ1v) is 10.1. The Bertz CT molecular complexity index is 842. The quantitative estimate of drug-likeness (QED) is 0.572. The summed E-state index contributed by atoms with van der Waals surface area (Å²) < 4.78 is 5.38. The van der Waals surface area contributed by atoms with Gasteiger partial charge in [-0.1, -0.05) is 35.9 Å². The lowest BCUT2D eigenvalue weighted by atomic mass is 9.90. The van der Waals surface area contributed by atoms with Crippen LogP contribution in [0.2, 0.25) is 0 Å². The zero-order chi connectivity index (χ0) is 19.4. The predicted octanol–water partition coefficient (Wildman–Crippen LogP) is 5.63. The highest BCUT2D eigenvalue weighted by Crippen LogP contribution is 2.25. The van der Waals surface area contributed by atoms with E-state index in [4.69, 9.17) is 10.00 Å². The van der Waals surface area contributed by atoms with Gasteiger partial charge >= 0.3 is 0 Å². The summed E-state index contributed by atoms with van der Waals surface area (Å²) in [6.07, 6.45) is 5.61. The van der Waals surface area contributed by atoms with E-state index in [2.05, 4.69) is 57.2 Å². The minimum Gasteiger partial charge on any atom is -0.373 e. The molecule has 3 rings (SSSR count). The molecule has 142 valence electrons. The van der Waals surface area contributed by atoms with Crippen LogP contribution in [0.3, 0.4) is 0 Å². The molecule has 0 spiro atoms. The second-order valence-corrected chi connectivity index (χ2v) is 8.21. The van der Waals surface area contributed by atoms with Gasteiger partial charge in [-0.3, -0.25) is 0 Å². The second kappa shape index (κ2) is 8.72. The van der Waals surface area contributed by atoms with Crippen molar-refractivity contribution < 1.29 is 4.74 Å². The Labute approximate surface area is 164 Å². The molecular weight excluding hydrogens is 330 g/mol. The molecule has 2 atom stereocenters. The van der Waals surface area contributed by atoms with Gasteiger partial charge in [0.25, 0.3) is 0 Å². The smallest absolute Gasteiger partial charge is 0.0813 e. The molecule has 1 heterocycles. The molecule has 0 bridgehead atoms. The standard InChI is InChI=1S/C25H31NO/c1-17(15-26)5-8-22-13-21(7-6-19(22)3)14-24-12-18(2)11-23(20(24)4)9-10-25-16-27-25/h6-7,11-13,17,25H,5,8-10,14,16H2,1-4H3. The van der Waals surface area contributed by atoms with Crippen LogP contribution in [0.25, 0.3) is 0 Å². The Kier molecular flexibility index (Phi) is 6.34. The normalized spacial score (nSPS) is 16.8. The zero-order valence-corrected chi connectivity index (χ0v) is 17.1. The third-order valence-corrected chi connectivity index (χ3v) is 5.78. The van der Waals surface area contributed by atoms with E-state index < -0.39 is 0 Å². The third-order valence-electron chi connectivity index (χ3n) is 5.78. The highest BCUT2D eigenvalue weighted by atomic mass is 16.6. The Balaban J connectivity index is 1.77. The minimum absolute atomic E-state index is 0.116. The van der Waals surface area contributed by atoms with Gasteiger partial charge in [0.15, 0.2) is 0 Å². The largest absolute Gasteiger partial charge is 0.373 e. The molecule has 2 heteroatoms. The summed E-state index contributed by atoms with van der Waals surface area (Å²) in [5.74, 6) is 0.116. The van der Waals surface area contributed by atoms with Crippen molar-refractivity contribution in [1.29, 1.82) is 5.26 Å². The topological polar surface area (TPSA) is 36.3 Å². The molecular formula is C25H31NO. The zero-order valence-electron chi connectivity index (χ0n) is 17.1. The van der Waals surface area contributed by atoms with Gasteiger partial charge in [-0.15, -0.1) is 0 Å². The molecule has 1 saturated heterocycles. The number of aryl methyl sites for hydroxylation is 4. The van der Waals surface area contributed by atoms with E-state index in [9.17, 15) is 0 Å². The van der Waals surface area contributed by atoms with Gasteiger partial charge in [0, 0.05) is 5.92 Å². The van der Waals surface area contributed by atoms with E-state index in [1.165, 1.54) is 38.9 Å². The summed E-state index contributed by atoms with van der Waals surface area (Å²) in [4.78, 5) is 0. The van der Waals surface area contributed by atoms with Crippen LogP contribution < -0.4 is 0 Å². The lowest BCUT2D eigenvalue weighted by Crippen LogP contribution is -2.02. The minimum atomic E-state index is 0.116. The van der Waals surface area contributed by atoms with Gasteiger partial charge in [0.2, 0.25) is 0 Å². The Hall–Kier alpha value is -2.11. The molecule has 0 N–H and O–H groups in total. The van der Waals surface area contributed by atoms with Crippen molar-refractivity contribution in [3.8, 4) is 6.07 Å². The summed E-state index contributed by atoms with van der Waals surface area (Å²) in [7, 11) is 0. The number of rotatable bonds is 8. The molecule has 2 aromatic rings. The molecule has 27 heavy (non-hydrogen) atoms. The maximum atomic E-state index is 9.04. The molecule has 2 aromatic carbocycles. The van der Waals surface area contributed by atoms with Crippen LogP contribution >= 0.6 is 0 Å². The third kappa shape index (κ3) is 5.44. The van der Waals surface area contributed by atoms with E-state index in [-0.39, 0.29) is 5.92 Å². The van der Waals surface area contributed by atoms with Crippen LogP contribution in [-0.4, -0.2) is 12.7 Å². The summed E-state index contributed by atoms with van der Waals surface area (Å²) >= 11 is 0. The first-order valence-electron chi connectivity index (χ1n) is 10.1. The highest BCUT2D eigenvalue weighted by molar-refractivity contribution is 5.42. The number of nitriles is 1. The molecule has 2 unspecified atom stereocenters. The van der Waals surface area contributed by atoms with Crippen molar-refractivity contribution in [3.05, 3.63) is 69.3 Å². The SMILES string of the molecule is Cc1cc(CCC2CO2)c(C)c(Cc2ccc(C)c(CCC(C)C#N)c2)c1. The summed E-state index contributed by atoms with van der Waals surface area (Å²) in [6.45, 7) is 9.58. The van der Waals surface area contributed by atoms with Crippen LogP contribution in [0.4, 0.5) is 0 Å². The lowest BCUT2D eigenvalue weighted by molar-refractivity contribution is 0.396. The van der Waals surface area contributed by atoms with Crippen molar-refractivity contribution >= 4 is 0 Å². The van der Waals surface area contributed by atoms with Crippen molar-refractivity contribution in [3.63, 3.8) is 0 Å². The van der Waals surface area contributed by atoms with Crippen LogP contribution in [0.15, 0.2) is 30.3 Å². The fourth-order valence-electron chi connectivity index (χ4n) is 3.77. The summed E-state index contributed by atoms with van der Waals surface area (Å²) in [5, 5.41) is 9.04. The molecule has 0 aromatic heterocycles. The average Bonchev–Trinajstić information content (AvgIpc) is 3.47. The second-order valence-electron chi connectivity index (χ2n) is 8.21. The maximum Gasteiger partial charge on any atom is 0.0813 e. The number of nitrogens with zero attached hydrogens (tertiary/aromatic N) is 1. The van der Waals surface area contributed by atoms with Crippen LogP contribution in [0, 0.1) is 38.0 Å². The van der Waals surface area contributed by atoms with Crippen molar-refractivity contribution in [2.24, 2.45) is 5.92 Å². The number of benzene rings is 2. The summed E-state index contributed by atoms with van der Waals surface area (Å²) in [6, 6.07) is 13.9. The van der Waals surface area contributed by atoms with Gasteiger partial charge in [0.05, 0.1) is 18.8 Å². The van der Waals surface area contributed by atoms with E-state index in [0.717, 1.165) is 38.7 Å². The lowest BCUT2D eigenvalue weighted by Gasteiger charge is -2.15. The van der Waals surface area contributed by atoms with Gasteiger partial charge in [-0.25, -0.2) is 0 Å². The van der Waals surface area contributed by atoms with Crippen molar-refractivity contribution in [2.75, 3.05) is 6.61 Å². The maximum absolute atomic E-state index is 9.04. The molecule has 2 nitrogen and oxygen atoms in total. The molecule has 1 aliphatic rings. The molecule has 0 amide bonds. The van der Waals surface area contributed by atoms with E-state index >= 15 is 0 Å². The Morgan fingerprint density at radius 3 is 2.52 bits per heavy atom. The van der Waals surface area contributed by atoms with Crippen LogP contribution in [0.1, 0.15) is 58.7 Å². The molecule has 1 fully saturated rings. The van der Waals surface area contributed by atoms with Gasteiger partial charge in [0.1, 0.15) is 0 Å². The Morgan fingerprint density at radius 2 is 1.81 bits per heavy atom. The summed E-state index contributed by atoms with van der Waals surface area (Å²) in [5.41, 5.74) is 9.75. The van der Waals surface area contributed by atoms with Gasteiger partial charge < -0.3 is 4.74 Å². The highest BCUT2D eigenvalue weighted by Gasteiger charge is 2.22. The number of epoxide rings is 1. The molecule has 0 aliphatic carbocycles. The van der Waals surface area contributed by atoms with Crippen molar-refractivity contribution in [2.45, 2.75) is 65.9 Å². The molecule has 0 radical (unpaired) electrons. The van der Waals surface area contributed by atoms with E-state index in [0.29, 0.717) is 6.10 Å². The predicted molar refractivity (Wildman–Crippen MR) is 111 cm³/mol. The number of hydrogen-bond donors (Lipinski definition) is 0. The van der Waals surface area contributed by atoms with Crippen LogP contribution in [-0.2, 0) is 24.0 Å². The van der Waals surface area contributed by atoms with Gasteiger partial charge in [-0.05, 0) is 93.2 Å². The van der Waals surface area contributed by atoms with E-state index in [1.807, 2.05) is 6.92 Å². The van der Waals surface area contributed by atoms with E-state index in [1.54, 1.807) is 0 Å². The fourth-order valence-corrected chi connectivity index (χ4v) is 3.77. The number of hydrogen-bond acceptors (Lipinski definition) is 2.